The molecule has 0 spiro atoms. The summed E-state index contributed by atoms with van der Waals surface area (Å²) < 4.78 is 0. The number of piperidine rings is 1. The molecule has 1 aromatic heterocycles. The molecule has 1 unspecified atom stereocenters. The quantitative estimate of drug-likeness (QED) is 0.913. The molecule has 0 radical (unpaired) electrons. The maximum Gasteiger partial charge on any atom is 0.145 e. The van der Waals surface area contributed by atoms with E-state index >= 15 is 0 Å². The van der Waals surface area contributed by atoms with Crippen LogP contribution in [0.15, 0.2) is 42.1 Å². The van der Waals surface area contributed by atoms with E-state index in [2.05, 4.69) is 64.7 Å². The Balaban J connectivity index is 1.41. The van der Waals surface area contributed by atoms with Gasteiger partial charge in [0.15, 0.2) is 0 Å². The maximum absolute atomic E-state index is 4.90. The summed E-state index contributed by atoms with van der Waals surface area (Å²) in [6, 6.07) is 10.9. The molecule has 26 heavy (non-hydrogen) atoms. The van der Waals surface area contributed by atoms with Crippen LogP contribution in [0.3, 0.4) is 0 Å². The second-order valence-electron chi connectivity index (χ2n) is 7.56. The Morgan fingerprint density at radius 2 is 2.15 bits per heavy atom. The van der Waals surface area contributed by atoms with Crippen molar-refractivity contribution in [1.29, 1.82) is 0 Å². The number of benzene rings is 1. The van der Waals surface area contributed by atoms with Crippen LogP contribution in [0.2, 0.25) is 0 Å². The smallest absolute Gasteiger partial charge is 0.145 e. The Bertz CT molecular complexity index is 763. The van der Waals surface area contributed by atoms with E-state index in [1.807, 2.05) is 0 Å². The summed E-state index contributed by atoms with van der Waals surface area (Å²) >= 11 is 0. The van der Waals surface area contributed by atoms with Crippen molar-refractivity contribution in [1.82, 2.24) is 20.2 Å². The van der Waals surface area contributed by atoms with Gasteiger partial charge in [-0.15, -0.1) is 0 Å². The van der Waals surface area contributed by atoms with Crippen molar-refractivity contribution in [2.45, 2.75) is 45.2 Å². The first kappa shape index (κ1) is 17.4. The second-order valence-corrected chi connectivity index (χ2v) is 7.56. The molecule has 1 aromatic carbocycles. The zero-order valence-electron chi connectivity index (χ0n) is 15.6. The van der Waals surface area contributed by atoms with Gasteiger partial charge in [-0.3, -0.25) is 4.90 Å². The molecule has 0 aliphatic carbocycles. The van der Waals surface area contributed by atoms with E-state index in [0.29, 0.717) is 6.04 Å². The van der Waals surface area contributed by atoms with Crippen LogP contribution in [0.25, 0.3) is 6.08 Å². The SMILES string of the molecule is C/C(=C\c1ccccc1)CN1CCc2nc(C3CCCCN3)ncc2C1. The van der Waals surface area contributed by atoms with Crippen LogP contribution >= 0.6 is 0 Å². The van der Waals surface area contributed by atoms with Gasteiger partial charge < -0.3 is 5.32 Å². The summed E-state index contributed by atoms with van der Waals surface area (Å²) in [5.74, 6) is 0.997. The fraction of sp³-hybridized carbons (Fsp3) is 0.455. The highest BCUT2D eigenvalue weighted by Crippen LogP contribution is 2.23. The van der Waals surface area contributed by atoms with Crippen LogP contribution in [-0.2, 0) is 13.0 Å². The molecule has 2 aliphatic heterocycles. The molecule has 2 aromatic rings. The van der Waals surface area contributed by atoms with Gasteiger partial charge in [-0.1, -0.05) is 48.4 Å². The third kappa shape index (κ3) is 4.19. The van der Waals surface area contributed by atoms with Crippen LogP contribution < -0.4 is 5.32 Å². The number of aromatic nitrogens is 2. The first-order chi connectivity index (χ1) is 12.8. The summed E-state index contributed by atoms with van der Waals surface area (Å²) in [7, 11) is 0. The van der Waals surface area contributed by atoms with Crippen molar-refractivity contribution < 1.29 is 0 Å². The van der Waals surface area contributed by atoms with Gasteiger partial charge in [-0.2, -0.15) is 0 Å². The lowest BCUT2D eigenvalue weighted by Crippen LogP contribution is -2.34. The maximum atomic E-state index is 4.90. The summed E-state index contributed by atoms with van der Waals surface area (Å²) in [6.45, 7) is 6.33. The summed E-state index contributed by atoms with van der Waals surface area (Å²) in [6.07, 6.45) is 9.08. The summed E-state index contributed by atoms with van der Waals surface area (Å²) in [5.41, 5.74) is 5.21. The molecule has 2 aliphatic rings. The van der Waals surface area contributed by atoms with E-state index in [-0.39, 0.29) is 0 Å². The number of nitrogens with one attached hydrogen (secondary N) is 1. The molecule has 1 atom stereocenters. The van der Waals surface area contributed by atoms with E-state index in [9.17, 15) is 0 Å². The van der Waals surface area contributed by atoms with E-state index < -0.39 is 0 Å². The van der Waals surface area contributed by atoms with Crippen LogP contribution in [0.1, 0.15) is 54.9 Å². The zero-order chi connectivity index (χ0) is 17.8. The number of hydrogen-bond donors (Lipinski definition) is 1. The summed E-state index contributed by atoms with van der Waals surface area (Å²) in [5, 5.41) is 3.56. The molecule has 4 heteroatoms. The lowest BCUT2D eigenvalue weighted by Gasteiger charge is -2.29. The topological polar surface area (TPSA) is 41.1 Å². The molecule has 1 N–H and O–H groups in total. The summed E-state index contributed by atoms with van der Waals surface area (Å²) in [4.78, 5) is 12.1. The van der Waals surface area contributed by atoms with Crippen molar-refractivity contribution >= 4 is 6.08 Å². The third-order valence-electron chi connectivity index (χ3n) is 5.34. The van der Waals surface area contributed by atoms with Crippen molar-refractivity contribution in [2.24, 2.45) is 0 Å². The largest absolute Gasteiger partial charge is 0.307 e. The highest BCUT2D eigenvalue weighted by atomic mass is 15.1. The van der Waals surface area contributed by atoms with Gasteiger partial charge in [0.1, 0.15) is 5.82 Å². The highest BCUT2D eigenvalue weighted by molar-refractivity contribution is 5.52. The van der Waals surface area contributed by atoms with Gasteiger partial charge in [0.2, 0.25) is 0 Å². The third-order valence-corrected chi connectivity index (χ3v) is 5.34. The van der Waals surface area contributed by atoms with Gasteiger partial charge in [-0.25, -0.2) is 9.97 Å². The molecule has 1 fully saturated rings. The lowest BCUT2D eigenvalue weighted by molar-refractivity contribution is 0.272. The number of fused-ring (bicyclic) bond motifs is 1. The van der Waals surface area contributed by atoms with E-state index in [4.69, 9.17) is 4.98 Å². The first-order valence-electron chi connectivity index (χ1n) is 9.80. The van der Waals surface area contributed by atoms with Crippen molar-refractivity contribution in [3.8, 4) is 0 Å². The standard InChI is InChI=1S/C22H28N4/c1-17(13-18-7-3-2-4-8-18)15-26-12-10-20-19(16-26)14-24-22(25-20)21-9-5-6-11-23-21/h2-4,7-8,13-14,21,23H,5-6,9-12,15-16H2,1H3/b17-13+. The predicted octanol–water partition coefficient (Wildman–Crippen LogP) is 3.75. The van der Waals surface area contributed by atoms with Gasteiger partial charge in [0, 0.05) is 43.5 Å². The molecule has 0 amide bonds. The van der Waals surface area contributed by atoms with Gasteiger partial charge in [-0.05, 0) is 31.9 Å². The highest BCUT2D eigenvalue weighted by Gasteiger charge is 2.22. The Morgan fingerprint density at radius 1 is 1.27 bits per heavy atom. The minimum Gasteiger partial charge on any atom is -0.307 e. The van der Waals surface area contributed by atoms with Gasteiger partial charge >= 0.3 is 0 Å². The molecule has 4 nitrogen and oxygen atoms in total. The average Bonchev–Trinajstić information content (AvgIpc) is 2.69. The fourth-order valence-corrected chi connectivity index (χ4v) is 4.00. The van der Waals surface area contributed by atoms with Crippen LogP contribution in [0.4, 0.5) is 0 Å². The first-order valence-corrected chi connectivity index (χ1v) is 9.80. The number of rotatable bonds is 4. The molecule has 0 bridgehead atoms. The second kappa shape index (κ2) is 8.11. The predicted molar refractivity (Wildman–Crippen MR) is 106 cm³/mol. The Kier molecular flexibility index (Phi) is 5.42. The van der Waals surface area contributed by atoms with E-state index in [1.165, 1.54) is 35.2 Å². The Labute approximate surface area is 156 Å². The van der Waals surface area contributed by atoms with Crippen LogP contribution in [0.5, 0.6) is 0 Å². The van der Waals surface area contributed by atoms with Crippen molar-refractivity contribution in [2.75, 3.05) is 19.6 Å². The van der Waals surface area contributed by atoms with Gasteiger partial charge in [0.05, 0.1) is 6.04 Å². The van der Waals surface area contributed by atoms with Crippen molar-refractivity contribution in [3.05, 3.63) is 64.7 Å². The zero-order valence-corrected chi connectivity index (χ0v) is 15.6. The lowest BCUT2D eigenvalue weighted by atomic mass is 10.0. The molecule has 3 heterocycles. The van der Waals surface area contributed by atoms with E-state index in [0.717, 1.165) is 44.8 Å². The fourth-order valence-electron chi connectivity index (χ4n) is 4.00. The van der Waals surface area contributed by atoms with Crippen LogP contribution in [0, 0.1) is 0 Å². The molecule has 0 saturated carbocycles. The normalized spacial score (nSPS) is 21.4. The van der Waals surface area contributed by atoms with Crippen LogP contribution in [-0.4, -0.2) is 34.5 Å². The monoisotopic (exact) mass is 348 g/mol. The molecule has 4 rings (SSSR count). The van der Waals surface area contributed by atoms with Crippen molar-refractivity contribution in [3.63, 3.8) is 0 Å². The molecule has 1 saturated heterocycles. The molecule has 136 valence electrons. The minimum absolute atomic E-state index is 0.350. The molecular formula is C22H28N4. The Morgan fingerprint density at radius 3 is 2.96 bits per heavy atom. The van der Waals surface area contributed by atoms with E-state index in [1.54, 1.807) is 0 Å². The van der Waals surface area contributed by atoms with Gasteiger partial charge in [0.25, 0.3) is 0 Å². The average molecular weight is 348 g/mol. The minimum atomic E-state index is 0.350. The Hall–Kier alpha value is -2.04. The molecular weight excluding hydrogens is 320 g/mol. The number of hydrogen-bond acceptors (Lipinski definition) is 4. The number of nitrogens with zero attached hydrogens (tertiary/aromatic N) is 3.